The predicted molar refractivity (Wildman–Crippen MR) is 97.3 cm³/mol. The molecule has 0 amide bonds. The molecule has 0 saturated carbocycles. The van der Waals surface area contributed by atoms with E-state index in [1.807, 2.05) is 25.6 Å². The second kappa shape index (κ2) is 8.02. The number of hydrogen-bond acceptors (Lipinski definition) is 8. The Balaban J connectivity index is 1.98. The Bertz CT molecular complexity index is 586. The molecule has 3 heterocycles. The fourth-order valence-electron chi connectivity index (χ4n) is 3.00. The highest BCUT2D eigenvalue weighted by molar-refractivity contribution is 7.99. The van der Waals surface area contributed by atoms with Crippen molar-refractivity contribution in [3.8, 4) is 0 Å². The summed E-state index contributed by atoms with van der Waals surface area (Å²) < 4.78 is 5.25. The first-order valence-electron chi connectivity index (χ1n) is 8.55. The molecule has 24 heavy (non-hydrogen) atoms. The van der Waals surface area contributed by atoms with Gasteiger partial charge in [-0.15, -0.1) is 0 Å². The molecular weight excluding hydrogens is 326 g/mol. The topological polar surface area (TPSA) is 70.6 Å². The molecule has 2 fully saturated rings. The zero-order chi connectivity index (χ0) is 16.9. The first kappa shape index (κ1) is 17.3. The summed E-state index contributed by atoms with van der Waals surface area (Å²) in [5, 5.41) is 3.34. The van der Waals surface area contributed by atoms with Crippen LogP contribution in [0.2, 0.25) is 0 Å². The molecular formula is C16H25N5O2S. The number of anilines is 2. The molecule has 0 aromatic carbocycles. The summed E-state index contributed by atoms with van der Waals surface area (Å²) in [6, 6.07) is 0. The fourth-order valence-corrected chi connectivity index (χ4v) is 3.90. The zero-order valence-electron chi connectivity index (χ0n) is 14.4. The molecule has 132 valence electrons. The van der Waals surface area contributed by atoms with Gasteiger partial charge in [-0.1, -0.05) is 0 Å². The van der Waals surface area contributed by atoms with Gasteiger partial charge in [0.1, 0.15) is 11.4 Å². The molecule has 0 radical (unpaired) electrons. The Morgan fingerprint density at radius 3 is 2.54 bits per heavy atom. The van der Waals surface area contributed by atoms with Crippen LogP contribution in [0.15, 0.2) is 0 Å². The third kappa shape index (κ3) is 3.75. The molecule has 1 aromatic heterocycles. The van der Waals surface area contributed by atoms with Gasteiger partial charge in [-0.25, -0.2) is 9.78 Å². The number of thioether (sulfide) groups is 1. The maximum Gasteiger partial charge on any atom is 0.343 e. The van der Waals surface area contributed by atoms with E-state index in [-0.39, 0.29) is 5.97 Å². The quantitative estimate of drug-likeness (QED) is 0.803. The minimum atomic E-state index is -0.329. The molecule has 2 saturated heterocycles. The first-order chi connectivity index (χ1) is 11.7. The van der Waals surface area contributed by atoms with Crippen molar-refractivity contribution < 1.29 is 9.53 Å². The maximum atomic E-state index is 12.5. The molecule has 1 N–H and O–H groups in total. The number of hydrogen-bond donors (Lipinski definition) is 1. The molecule has 0 spiro atoms. The van der Waals surface area contributed by atoms with E-state index in [1.54, 1.807) is 0 Å². The summed E-state index contributed by atoms with van der Waals surface area (Å²) >= 11 is 1.95. The highest BCUT2D eigenvalue weighted by atomic mass is 32.2. The molecule has 8 heteroatoms. The summed E-state index contributed by atoms with van der Waals surface area (Å²) in [7, 11) is 0. The Hall–Kier alpha value is -1.54. The van der Waals surface area contributed by atoms with Crippen molar-refractivity contribution in [3.05, 3.63) is 11.3 Å². The molecule has 0 unspecified atom stereocenters. The molecule has 7 nitrogen and oxygen atoms in total. The number of esters is 1. The van der Waals surface area contributed by atoms with Crippen LogP contribution in [-0.4, -0.2) is 73.3 Å². The van der Waals surface area contributed by atoms with Gasteiger partial charge in [0, 0.05) is 50.8 Å². The monoisotopic (exact) mass is 351 g/mol. The smallest absolute Gasteiger partial charge is 0.343 e. The van der Waals surface area contributed by atoms with Gasteiger partial charge >= 0.3 is 5.97 Å². The fraction of sp³-hybridized carbons (Fsp3) is 0.688. The SMILES string of the molecule is CCOC(=O)c1c(C)nc(N2CCSCC2)nc1N1CCNCC1. The van der Waals surface area contributed by atoms with Crippen LogP contribution in [0, 0.1) is 6.92 Å². The number of carbonyl (C=O) groups excluding carboxylic acids is 1. The van der Waals surface area contributed by atoms with E-state index in [1.165, 1.54) is 0 Å². The lowest BCUT2D eigenvalue weighted by atomic mass is 10.2. The van der Waals surface area contributed by atoms with Crippen molar-refractivity contribution in [1.29, 1.82) is 0 Å². The van der Waals surface area contributed by atoms with Crippen molar-refractivity contribution in [1.82, 2.24) is 15.3 Å². The highest BCUT2D eigenvalue weighted by Crippen LogP contribution is 2.26. The van der Waals surface area contributed by atoms with Gasteiger partial charge in [0.2, 0.25) is 5.95 Å². The van der Waals surface area contributed by atoms with Crippen molar-refractivity contribution in [2.24, 2.45) is 0 Å². The third-order valence-corrected chi connectivity index (χ3v) is 5.19. The second-order valence-corrected chi connectivity index (χ2v) is 7.09. The molecule has 2 aliphatic heterocycles. The van der Waals surface area contributed by atoms with Crippen LogP contribution < -0.4 is 15.1 Å². The Labute approximate surface area is 147 Å². The van der Waals surface area contributed by atoms with Crippen LogP contribution in [0.5, 0.6) is 0 Å². The average molecular weight is 351 g/mol. The summed E-state index contributed by atoms with van der Waals surface area (Å²) in [6.07, 6.45) is 0. The molecule has 1 aromatic rings. The van der Waals surface area contributed by atoms with Crippen molar-refractivity contribution in [2.75, 3.05) is 67.2 Å². The van der Waals surface area contributed by atoms with Gasteiger partial charge in [-0.05, 0) is 13.8 Å². The number of rotatable bonds is 4. The van der Waals surface area contributed by atoms with E-state index in [0.717, 1.165) is 62.5 Å². The van der Waals surface area contributed by atoms with Gasteiger partial charge in [-0.2, -0.15) is 16.7 Å². The van der Waals surface area contributed by atoms with Gasteiger partial charge in [0.05, 0.1) is 12.3 Å². The molecule has 3 rings (SSSR count). The van der Waals surface area contributed by atoms with E-state index >= 15 is 0 Å². The average Bonchev–Trinajstić information content (AvgIpc) is 2.62. The minimum absolute atomic E-state index is 0.329. The van der Waals surface area contributed by atoms with Crippen LogP contribution in [-0.2, 0) is 4.74 Å². The molecule has 0 aliphatic carbocycles. The van der Waals surface area contributed by atoms with Crippen molar-refractivity contribution >= 4 is 29.5 Å². The summed E-state index contributed by atoms with van der Waals surface area (Å²) in [5.41, 5.74) is 1.21. The van der Waals surface area contributed by atoms with Crippen molar-refractivity contribution in [2.45, 2.75) is 13.8 Å². The Morgan fingerprint density at radius 1 is 1.17 bits per heavy atom. The van der Waals surface area contributed by atoms with E-state index in [9.17, 15) is 4.79 Å². The van der Waals surface area contributed by atoms with Crippen LogP contribution in [0.4, 0.5) is 11.8 Å². The third-order valence-electron chi connectivity index (χ3n) is 4.25. The van der Waals surface area contributed by atoms with Gasteiger partial charge in [0.25, 0.3) is 0 Å². The number of aromatic nitrogens is 2. The number of nitrogens with one attached hydrogen (secondary N) is 1. The first-order valence-corrected chi connectivity index (χ1v) is 9.70. The van der Waals surface area contributed by atoms with Crippen LogP contribution in [0.3, 0.4) is 0 Å². The molecule has 0 bridgehead atoms. The lowest BCUT2D eigenvalue weighted by Crippen LogP contribution is -2.45. The van der Waals surface area contributed by atoms with Gasteiger partial charge < -0.3 is 19.9 Å². The standard InChI is InChI=1S/C16H25N5O2S/c1-3-23-15(22)13-12(2)18-16(21-8-10-24-11-9-21)19-14(13)20-6-4-17-5-7-20/h17H,3-11H2,1-2H3. The molecule has 2 aliphatic rings. The lowest BCUT2D eigenvalue weighted by molar-refractivity contribution is 0.0525. The Kier molecular flexibility index (Phi) is 5.78. The van der Waals surface area contributed by atoms with E-state index < -0.39 is 0 Å². The lowest BCUT2D eigenvalue weighted by Gasteiger charge is -2.32. The number of nitrogens with zero attached hydrogens (tertiary/aromatic N) is 4. The van der Waals surface area contributed by atoms with Crippen LogP contribution in [0.25, 0.3) is 0 Å². The van der Waals surface area contributed by atoms with Crippen molar-refractivity contribution in [3.63, 3.8) is 0 Å². The van der Waals surface area contributed by atoms with E-state index in [0.29, 0.717) is 17.9 Å². The van der Waals surface area contributed by atoms with Crippen LogP contribution in [0.1, 0.15) is 23.0 Å². The second-order valence-electron chi connectivity index (χ2n) is 5.86. The summed E-state index contributed by atoms with van der Waals surface area (Å²) in [6.45, 7) is 9.39. The van der Waals surface area contributed by atoms with Crippen LogP contribution >= 0.6 is 11.8 Å². The number of piperazine rings is 1. The number of ether oxygens (including phenoxy) is 1. The van der Waals surface area contributed by atoms with Gasteiger partial charge in [0.15, 0.2) is 0 Å². The normalized spacial score (nSPS) is 18.6. The van der Waals surface area contributed by atoms with Gasteiger partial charge in [-0.3, -0.25) is 0 Å². The predicted octanol–water partition coefficient (Wildman–Crippen LogP) is 0.925. The summed E-state index contributed by atoms with van der Waals surface area (Å²) in [4.78, 5) is 26.2. The summed E-state index contributed by atoms with van der Waals surface area (Å²) in [5.74, 6) is 3.30. The molecule has 0 atom stereocenters. The van der Waals surface area contributed by atoms with E-state index in [4.69, 9.17) is 9.72 Å². The zero-order valence-corrected chi connectivity index (χ0v) is 15.2. The number of carbonyl (C=O) groups is 1. The Morgan fingerprint density at radius 2 is 1.88 bits per heavy atom. The largest absolute Gasteiger partial charge is 0.462 e. The highest BCUT2D eigenvalue weighted by Gasteiger charge is 2.26. The maximum absolute atomic E-state index is 12.5. The van der Waals surface area contributed by atoms with E-state index in [2.05, 4.69) is 20.1 Å². The number of aryl methyl sites for hydroxylation is 1. The minimum Gasteiger partial charge on any atom is -0.462 e.